The fourth-order valence-electron chi connectivity index (χ4n) is 6.42. The van der Waals surface area contributed by atoms with E-state index in [-0.39, 0.29) is 0 Å². The summed E-state index contributed by atoms with van der Waals surface area (Å²) in [5, 5.41) is 0. The summed E-state index contributed by atoms with van der Waals surface area (Å²) in [6, 6.07) is 0. The second kappa shape index (κ2) is 10.5. The molecular weight excluding hydrogens is 377 g/mol. The van der Waals surface area contributed by atoms with E-state index in [1.54, 1.807) is 0 Å². The van der Waals surface area contributed by atoms with Gasteiger partial charge in [0.2, 0.25) is 0 Å². The molecule has 168 valence electrons. The predicted octanol–water partition coefficient (Wildman–Crippen LogP) is 7.45. The molecule has 0 atom stereocenters. The van der Waals surface area contributed by atoms with Crippen LogP contribution in [-0.2, 0) is 9.53 Å². The Bertz CT molecular complexity index is 495. The van der Waals surface area contributed by atoms with Gasteiger partial charge in [0.1, 0.15) is 6.10 Å². The molecule has 0 N–H and O–H groups in total. The number of esters is 1. The van der Waals surface area contributed by atoms with Crippen LogP contribution in [0.15, 0.2) is 0 Å². The van der Waals surface area contributed by atoms with Crippen molar-refractivity contribution in [3.05, 3.63) is 0 Å². The van der Waals surface area contributed by atoms with Crippen LogP contribution in [0, 0.1) is 29.6 Å². The summed E-state index contributed by atoms with van der Waals surface area (Å²) in [7, 11) is 0. The Morgan fingerprint density at radius 3 is 1.59 bits per heavy atom. The molecule has 0 spiro atoms. The van der Waals surface area contributed by atoms with Gasteiger partial charge in [0, 0.05) is 0 Å². The smallest absolute Gasteiger partial charge is 0.456 e. The van der Waals surface area contributed by atoms with Crippen LogP contribution in [0.25, 0.3) is 0 Å². The third-order valence-electron chi connectivity index (χ3n) is 8.23. The van der Waals surface area contributed by atoms with Gasteiger partial charge < -0.3 is 4.74 Å². The first kappa shape index (κ1) is 22.9. The van der Waals surface area contributed by atoms with E-state index in [0.717, 1.165) is 36.5 Å². The number of hydrogen-bond donors (Lipinski definition) is 0. The molecule has 3 saturated carbocycles. The summed E-state index contributed by atoms with van der Waals surface area (Å²) in [5.74, 6) is 2.14. The minimum Gasteiger partial charge on any atom is -0.456 e. The molecule has 5 heteroatoms. The number of halogens is 3. The molecule has 0 heterocycles. The lowest BCUT2D eigenvalue weighted by atomic mass is 9.65. The van der Waals surface area contributed by atoms with Crippen LogP contribution in [0.5, 0.6) is 0 Å². The topological polar surface area (TPSA) is 26.3 Å². The van der Waals surface area contributed by atoms with Crippen molar-refractivity contribution in [1.82, 2.24) is 0 Å². The minimum atomic E-state index is -4.87. The van der Waals surface area contributed by atoms with Gasteiger partial charge in [0.15, 0.2) is 0 Å². The van der Waals surface area contributed by atoms with Crippen LogP contribution >= 0.6 is 0 Å². The lowest BCUT2D eigenvalue weighted by Crippen LogP contribution is -2.34. The Labute approximate surface area is 174 Å². The van der Waals surface area contributed by atoms with E-state index in [0.29, 0.717) is 18.8 Å². The molecule has 2 nitrogen and oxygen atoms in total. The lowest BCUT2D eigenvalue weighted by Gasteiger charge is -2.41. The number of rotatable bonds is 6. The first-order chi connectivity index (χ1) is 13.9. The molecule has 3 aliphatic rings. The zero-order valence-electron chi connectivity index (χ0n) is 18.0. The van der Waals surface area contributed by atoms with Crippen molar-refractivity contribution >= 4 is 5.97 Å². The molecule has 3 rings (SSSR count). The first-order valence-corrected chi connectivity index (χ1v) is 12.1. The number of ether oxygens (including phenoxy) is 1. The molecule has 0 amide bonds. The monoisotopic (exact) mass is 416 g/mol. The van der Waals surface area contributed by atoms with Gasteiger partial charge in [-0.2, -0.15) is 13.2 Å². The highest BCUT2D eigenvalue weighted by Crippen LogP contribution is 2.46. The normalized spacial score (nSPS) is 36.6. The van der Waals surface area contributed by atoms with E-state index < -0.39 is 18.2 Å². The van der Waals surface area contributed by atoms with E-state index in [1.165, 1.54) is 70.6 Å². The molecule has 0 aliphatic heterocycles. The highest BCUT2D eigenvalue weighted by Gasteiger charge is 2.43. The fourth-order valence-corrected chi connectivity index (χ4v) is 6.42. The van der Waals surface area contributed by atoms with Gasteiger partial charge in [-0.1, -0.05) is 39.0 Å². The van der Waals surface area contributed by atoms with Gasteiger partial charge in [-0.15, -0.1) is 0 Å². The largest absolute Gasteiger partial charge is 0.490 e. The molecule has 3 fully saturated rings. The zero-order valence-corrected chi connectivity index (χ0v) is 18.0. The second-order valence-corrected chi connectivity index (χ2v) is 10.0. The van der Waals surface area contributed by atoms with Crippen molar-refractivity contribution in [3.63, 3.8) is 0 Å². The van der Waals surface area contributed by atoms with Crippen molar-refractivity contribution < 1.29 is 22.7 Å². The van der Waals surface area contributed by atoms with Gasteiger partial charge in [-0.05, 0) is 93.8 Å². The summed E-state index contributed by atoms with van der Waals surface area (Å²) in [6.07, 6.45) is 12.7. The summed E-state index contributed by atoms with van der Waals surface area (Å²) in [6.45, 7) is 2.28. The average molecular weight is 417 g/mol. The van der Waals surface area contributed by atoms with Crippen LogP contribution in [-0.4, -0.2) is 18.2 Å². The van der Waals surface area contributed by atoms with Crippen molar-refractivity contribution in [2.75, 3.05) is 0 Å². The quantitative estimate of drug-likeness (QED) is 0.420. The van der Waals surface area contributed by atoms with Gasteiger partial charge in [0.25, 0.3) is 0 Å². The number of carbonyl (C=O) groups excluding carboxylic acids is 1. The van der Waals surface area contributed by atoms with Gasteiger partial charge >= 0.3 is 12.1 Å². The highest BCUT2D eigenvalue weighted by atomic mass is 19.4. The molecular formula is C24H39F3O2. The number of hydrogen-bond acceptors (Lipinski definition) is 2. The maximum atomic E-state index is 12.4. The molecule has 0 unspecified atom stereocenters. The average Bonchev–Trinajstić information content (AvgIpc) is 2.73. The molecule has 0 bridgehead atoms. The molecule has 3 aliphatic carbocycles. The molecule has 0 radical (unpaired) electrons. The number of carbonyl (C=O) groups is 1. The van der Waals surface area contributed by atoms with Crippen molar-refractivity contribution in [1.29, 1.82) is 0 Å². The Morgan fingerprint density at radius 2 is 1.17 bits per heavy atom. The fraction of sp³-hybridized carbons (Fsp3) is 0.958. The third-order valence-corrected chi connectivity index (χ3v) is 8.23. The van der Waals surface area contributed by atoms with Crippen molar-refractivity contribution in [2.24, 2.45) is 29.6 Å². The van der Waals surface area contributed by atoms with Gasteiger partial charge in [0.05, 0.1) is 0 Å². The van der Waals surface area contributed by atoms with E-state index in [1.807, 2.05) is 0 Å². The van der Waals surface area contributed by atoms with Crippen LogP contribution < -0.4 is 0 Å². The summed E-state index contributed by atoms with van der Waals surface area (Å²) < 4.78 is 41.7. The van der Waals surface area contributed by atoms with E-state index in [9.17, 15) is 18.0 Å². The maximum absolute atomic E-state index is 12.4. The lowest BCUT2D eigenvalue weighted by molar-refractivity contribution is -0.206. The van der Waals surface area contributed by atoms with Crippen molar-refractivity contribution in [3.8, 4) is 0 Å². The van der Waals surface area contributed by atoms with E-state index in [4.69, 9.17) is 0 Å². The number of unbranched alkanes of at least 4 members (excludes halogenated alkanes) is 1. The SMILES string of the molecule is CCCCC1CCC(C2CCC(C3CCC(OC(=O)C(F)(F)F)CC3)CC2)CC1. The minimum absolute atomic E-state index is 0.542. The molecule has 0 aromatic rings. The zero-order chi connectivity index (χ0) is 20.9. The van der Waals surface area contributed by atoms with Crippen LogP contribution in [0.4, 0.5) is 13.2 Å². The van der Waals surface area contributed by atoms with E-state index in [2.05, 4.69) is 11.7 Å². The highest BCUT2D eigenvalue weighted by molar-refractivity contribution is 5.75. The number of alkyl halides is 3. The molecule has 0 aromatic heterocycles. The standard InChI is InChI=1S/C24H39F3O2/c1-2-3-4-17-5-7-18(8-6-17)19-9-11-20(12-10-19)21-13-15-22(16-14-21)29-23(28)24(25,26)27/h17-22H,2-16H2,1H3. The maximum Gasteiger partial charge on any atom is 0.490 e. The predicted molar refractivity (Wildman–Crippen MR) is 108 cm³/mol. The first-order valence-electron chi connectivity index (χ1n) is 12.1. The van der Waals surface area contributed by atoms with Crippen molar-refractivity contribution in [2.45, 2.75) is 116 Å². The Hall–Kier alpha value is -0.740. The van der Waals surface area contributed by atoms with E-state index >= 15 is 0 Å². The summed E-state index contributed by atoms with van der Waals surface area (Å²) in [5.41, 5.74) is 0. The summed E-state index contributed by atoms with van der Waals surface area (Å²) in [4.78, 5) is 11.0. The molecule has 0 saturated heterocycles. The Morgan fingerprint density at radius 1 is 0.759 bits per heavy atom. The van der Waals surface area contributed by atoms with Crippen LogP contribution in [0.3, 0.4) is 0 Å². The van der Waals surface area contributed by atoms with Gasteiger partial charge in [-0.25, -0.2) is 4.79 Å². The van der Waals surface area contributed by atoms with Crippen LogP contribution in [0.2, 0.25) is 0 Å². The van der Waals surface area contributed by atoms with Gasteiger partial charge in [-0.3, -0.25) is 0 Å². The summed E-state index contributed by atoms with van der Waals surface area (Å²) >= 11 is 0. The third kappa shape index (κ3) is 6.62. The Balaban J connectivity index is 1.34. The van der Waals surface area contributed by atoms with Crippen LogP contribution in [0.1, 0.15) is 103 Å². The molecule has 29 heavy (non-hydrogen) atoms. The Kier molecular flexibility index (Phi) is 8.32. The second-order valence-electron chi connectivity index (χ2n) is 10.0. The molecule has 0 aromatic carbocycles.